The summed E-state index contributed by atoms with van der Waals surface area (Å²) < 4.78 is 0. The number of aromatic nitrogens is 1. The molecule has 2 aliphatic rings. The van der Waals surface area contributed by atoms with Crippen LogP contribution in [0.2, 0.25) is 0 Å². The first-order chi connectivity index (χ1) is 15.5. The zero-order valence-corrected chi connectivity index (χ0v) is 18.4. The van der Waals surface area contributed by atoms with Gasteiger partial charge in [-0.05, 0) is 37.3 Å². The molecule has 1 aliphatic carbocycles. The summed E-state index contributed by atoms with van der Waals surface area (Å²) in [5.41, 5.74) is 3.69. The second-order valence-corrected chi connectivity index (χ2v) is 9.05. The Hall–Kier alpha value is -3.52. The minimum absolute atomic E-state index is 0.353. The molecule has 32 heavy (non-hydrogen) atoms. The van der Waals surface area contributed by atoms with Crippen molar-refractivity contribution in [2.45, 2.75) is 31.7 Å². The Kier molecular flexibility index (Phi) is 5.01. The number of nitrogens with zero attached hydrogens (tertiary/aromatic N) is 2. The van der Waals surface area contributed by atoms with Crippen molar-refractivity contribution in [2.75, 3.05) is 11.9 Å². The van der Waals surface area contributed by atoms with Crippen molar-refractivity contribution in [3.8, 4) is 11.3 Å². The first-order valence-electron chi connectivity index (χ1n) is 10.5. The minimum Gasteiger partial charge on any atom is -0.319 e. The molecule has 1 unspecified atom stereocenters. The van der Waals surface area contributed by atoms with Crippen LogP contribution in [0.25, 0.3) is 11.3 Å². The molecule has 5 rings (SSSR count). The Bertz CT molecular complexity index is 1220. The molecule has 0 saturated carbocycles. The summed E-state index contributed by atoms with van der Waals surface area (Å²) in [4.78, 5) is 44.1. The van der Waals surface area contributed by atoms with Crippen LogP contribution in [0.3, 0.4) is 0 Å². The predicted octanol–water partition coefficient (Wildman–Crippen LogP) is 3.84. The summed E-state index contributed by atoms with van der Waals surface area (Å²) in [5, 5.41) is 7.87. The third-order valence-corrected chi connectivity index (χ3v) is 6.81. The number of imide groups is 1. The molecule has 0 bridgehead atoms. The van der Waals surface area contributed by atoms with Crippen LogP contribution in [-0.2, 0) is 21.5 Å². The molecule has 2 N–H and O–H groups in total. The maximum Gasteiger partial charge on any atom is 0.325 e. The first-order valence-corrected chi connectivity index (χ1v) is 11.4. The van der Waals surface area contributed by atoms with Gasteiger partial charge < -0.3 is 10.6 Å². The van der Waals surface area contributed by atoms with Crippen LogP contribution < -0.4 is 10.6 Å². The molecule has 1 aliphatic heterocycles. The zero-order chi connectivity index (χ0) is 22.3. The van der Waals surface area contributed by atoms with Crippen LogP contribution in [0.1, 0.15) is 29.5 Å². The van der Waals surface area contributed by atoms with Gasteiger partial charge in [0.1, 0.15) is 12.1 Å². The number of nitrogens with one attached hydrogen (secondary N) is 2. The molecule has 1 saturated heterocycles. The standard InChI is InChI=1S/C24H22N4O3S/c1-15-8-10-17(11-9-15)19-14-32-22(25-19)26-20(29)13-28-21(30)24(27-23(28)31)12-4-6-16-5-2-3-7-18(16)24/h2-3,5,7-11,14H,4,6,12-13H2,1H3,(H,27,31)(H,25,26,29). The van der Waals surface area contributed by atoms with Crippen LogP contribution in [-0.4, -0.2) is 34.3 Å². The van der Waals surface area contributed by atoms with Crippen molar-refractivity contribution < 1.29 is 14.4 Å². The Labute approximate surface area is 189 Å². The average molecular weight is 447 g/mol. The highest BCUT2D eigenvalue weighted by atomic mass is 32.1. The minimum atomic E-state index is -1.08. The van der Waals surface area contributed by atoms with Gasteiger partial charge >= 0.3 is 6.03 Å². The molecule has 3 aromatic rings. The maximum atomic E-state index is 13.3. The van der Waals surface area contributed by atoms with Gasteiger partial charge in [-0.25, -0.2) is 9.78 Å². The first kappa shape index (κ1) is 20.4. The molecule has 2 heterocycles. The Balaban J connectivity index is 1.30. The van der Waals surface area contributed by atoms with Crippen LogP contribution in [0.15, 0.2) is 53.9 Å². The van der Waals surface area contributed by atoms with E-state index in [1.807, 2.05) is 60.8 Å². The summed E-state index contributed by atoms with van der Waals surface area (Å²) in [6.45, 7) is 1.66. The highest BCUT2D eigenvalue weighted by molar-refractivity contribution is 7.14. The molecule has 1 atom stereocenters. The van der Waals surface area contributed by atoms with Gasteiger partial charge in [0.2, 0.25) is 5.91 Å². The SMILES string of the molecule is Cc1ccc(-c2csc(NC(=O)CN3C(=O)NC4(CCCc5ccccc54)C3=O)n2)cc1. The number of benzene rings is 2. The zero-order valence-electron chi connectivity index (χ0n) is 17.6. The molecular weight excluding hydrogens is 424 g/mol. The van der Waals surface area contributed by atoms with E-state index >= 15 is 0 Å². The molecule has 4 amide bonds. The third-order valence-electron chi connectivity index (χ3n) is 6.05. The van der Waals surface area contributed by atoms with Gasteiger partial charge in [0.25, 0.3) is 5.91 Å². The molecule has 7 nitrogen and oxygen atoms in total. The summed E-state index contributed by atoms with van der Waals surface area (Å²) in [7, 11) is 0. The van der Waals surface area contributed by atoms with Gasteiger partial charge in [-0.1, -0.05) is 54.1 Å². The number of amides is 4. The summed E-state index contributed by atoms with van der Waals surface area (Å²) in [6, 6.07) is 15.1. The van der Waals surface area contributed by atoms with Gasteiger partial charge in [-0.3, -0.25) is 14.5 Å². The highest BCUT2D eigenvalue weighted by Gasteiger charge is 2.54. The van der Waals surface area contributed by atoms with Crippen LogP contribution in [0.5, 0.6) is 0 Å². The number of fused-ring (bicyclic) bond motifs is 2. The molecule has 0 radical (unpaired) electrons. The molecule has 1 fully saturated rings. The van der Waals surface area contributed by atoms with E-state index in [0.717, 1.165) is 45.7 Å². The molecular formula is C24H22N4O3S. The van der Waals surface area contributed by atoms with E-state index in [1.54, 1.807) is 0 Å². The van der Waals surface area contributed by atoms with Gasteiger partial charge in [0, 0.05) is 10.9 Å². The van der Waals surface area contributed by atoms with Crippen molar-refractivity contribution in [3.63, 3.8) is 0 Å². The smallest absolute Gasteiger partial charge is 0.319 e. The number of thiazole rings is 1. The normalized spacial score (nSPS) is 19.7. The summed E-state index contributed by atoms with van der Waals surface area (Å²) in [6.07, 6.45) is 2.19. The largest absolute Gasteiger partial charge is 0.325 e. The average Bonchev–Trinajstić information content (AvgIpc) is 3.34. The lowest BCUT2D eigenvalue weighted by atomic mass is 9.76. The van der Waals surface area contributed by atoms with E-state index in [4.69, 9.17) is 0 Å². The van der Waals surface area contributed by atoms with Crippen LogP contribution in [0, 0.1) is 6.92 Å². The highest BCUT2D eigenvalue weighted by Crippen LogP contribution is 2.39. The van der Waals surface area contributed by atoms with E-state index in [-0.39, 0.29) is 12.5 Å². The van der Waals surface area contributed by atoms with Crippen molar-refractivity contribution in [3.05, 3.63) is 70.6 Å². The molecule has 8 heteroatoms. The fourth-order valence-corrected chi connectivity index (χ4v) is 5.18. The number of urea groups is 1. The van der Waals surface area contributed by atoms with Crippen LogP contribution >= 0.6 is 11.3 Å². The number of hydrogen-bond donors (Lipinski definition) is 2. The van der Waals surface area contributed by atoms with E-state index in [0.29, 0.717) is 11.6 Å². The molecule has 2 aromatic carbocycles. The Morgan fingerprint density at radius 2 is 1.97 bits per heavy atom. The lowest BCUT2D eigenvalue weighted by Crippen LogP contribution is -2.47. The van der Waals surface area contributed by atoms with E-state index < -0.39 is 17.5 Å². The monoisotopic (exact) mass is 446 g/mol. The Morgan fingerprint density at radius 3 is 2.78 bits per heavy atom. The lowest BCUT2D eigenvalue weighted by Gasteiger charge is -2.33. The quantitative estimate of drug-likeness (QED) is 0.596. The molecule has 1 spiro atoms. The topological polar surface area (TPSA) is 91.4 Å². The number of carbonyl (C=O) groups is 3. The van der Waals surface area contributed by atoms with Gasteiger partial charge in [-0.15, -0.1) is 11.3 Å². The number of aryl methyl sites for hydroxylation is 2. The van der Waals surface area contributed by atoms with E-state index in [1.165, 1.54) is 11.3 Å². The fraction of sp³-hybridized carbons (Fsp3) is 0.250. The molecule has 162 valence electrons. The van der Waals surface area contributed by atoms with E-state index in [2.05, 4.69) is 15.6 Å². The second kappa shape index (κ2) is 7.87. The van der Waals surface area contributed by atoms with Crippen molar-refractivity contribution in [1.29, 1.82) is 0 Å². The number of carbonyl (C=O) groups excluding carboxylic acids is 3. The second-order valence-electron chi connectivity index (χ2n) is 8.19. The lowest BCUT2D eigenvalue weighted by molar-refractivity contribution is -0.134. The third kappa shape index (κ3) is 3.46. The van der Waals surface area contributed by atoms with Crippen molar-refractivity contribution in [2.24, 2.45) is 0 Å². The van der Waals surface area contributed by atoms with Crippen LogP contribution in [0.4, 0.5) is 9.93 Å². The number of rotatable bonds is 4. The fourth-order valence-electron chi connectivity index (χ4n) is 4.45. The van der Waals surface area contributed by atoms with Gasteiger partial charge in [0.05, 0.1) is 5.69 Å². The summed E-state index contributed by atoms with van der Waals surface area (Å²) in [5.74, 6) is -0.830. The predicted molar refractivity (Wildman–Crippen MR) is 122 cm³/mol. The van der Waals surface area contributed by atoms with Gasteiger partial charge in [-0.2, -0.15) is 0 Å². The Morgan fingerprint density at radius 1 is 1.19 bits per heavy atom. The molecule has 1 aromatic heterocycles. The summed E-state index contributed by atoms with van der Waals surface area (Å²) >= 11 is 1.30. The maximum absolute atomic E-state index is 13.3. The van der Waals surface area contributed by atoms with Crippen molar-refractivity contribution in [1.82, 2.24) is 15.2 Å². The van der Waals surface area contributed by atoms with Gasteiger partial charge in [0.15, 0.2) is 5.13 Å². The van der Waals surface area contributed by atoms with E-state index in [9.17, 15) is 14.4 Å². The number of anilines is 1. The number of hydrogen-bond acceptors (Lipinski definition) is 5. The van der Waals surface area contributed by atoms with Crippen molar-refractivity contribution >= 4 is 34.3 Å².